The van der Waals surface area contributed by atoms with Crippen LogP contribution in [0.1, 0.15) is 41.2 Å². The van der Waals surface area contributed by atoms with E-state index in [1.165, 1.54) is 0 Å². The van der Waals surface area contributed by atoms with Gasteiger partial charge >= 0.3 is 5.97 Å². The van der Waals surface area contributed by atoms with Gasteiger partial charge in [0.15, 0.2) is 0 Å². The normalized spacial score (nSPS) is 10.6. The molecule has 0 aliphatic rings. The van der Waals surface area contributed by atoms with Gasteiger partial charge in [0.1, 0.15) is 6.61 Å². The van der Waals surface area contributed by atoms with Crippen molar-refractivity contribution < 1.29 is 9.53 Å². The van der Waals surface area contributed by atoms with Crippen LogP contribution < -0.4 is 5.73 Å². The molecule has 2 N–H and O–H groups in total. The Kier molecular flexibility index (Phi) is 4.62. The van der Waals surface area contributed by atoms with Gasteiger partial charge in [-0.05, 0) is 44.0 Å². The minimum atomic E-state index is -0.360. The minimum Gasteiger partial charge on any atom is -0.456 e. The van der Waals surface area contributed by atoms with E-state index in [2.05, 4.69) is 5.10 Å². The molecule has 0 amide bonds. The van der Waals surface area contributed by atoms with Gasteiger partial charge in [-0.2, -0.15) is 5.10 Å². The number of nitrogen functional groups attached to an aromatic ring is 1. The van der Waals surface area contributed by atoms with Crippen LogP contribution in [0.15, 0.2) is 24.3 Å². The van der Waals surface area contributed by atoms with Crippen molar-refractivity contribution >= 4 is 11.7 Å². The van der Waals surface area contributed by atoms with Crippen LogP contribution in [0.3, 0.4) is 0 Å². The average molecular weight is 287 g/mol. The van der Waals surface area contributed by atoms with Crippen LogP contribution in [-0.2, 0) is 24.3 Å². The molecule has 0 saturated carbocycles. The fraction of sp³-hybridized carbons (Fsp3) is 0.375. The highest BCUT2D eigenvalue weighted by Gasteiger charge is 2.14. The van der Waals surface area contributed by atoms with E-state index in [0.29, 0.717) is 11.3 Å². The predicted molar refractivity (Wildman–Crippen MR) is 82.0 cm³/mol. The molecule has 0 fully saturated rings. The minimum absolute atomic E-state index is 0.216. The van der Waals surface area contributed by atoms with Crippen LogP contribution in [0.25, 0.3) is 0 Å². The standard InChI is InChI=1S/C16H21N3O2/c1-4-12-9-13(19(5-2)18-12)10-21-16(20)14-7-6-8-15(17)11(14)3/h6-9H,4-5,10,17H2,1-3H3. The molecule has 0 atom stereocenters. The van der Waals surface area contributed by atoms with E-state index >= 15 is 0 Å². The first-order valence-electron chi connectivity index (χ1n) is 7.14. The number of rotatable bonds is 5. The Bertz CT molecular complexity index is 647. The van der Waals surface area contributed by atoms with Crippen LogP contribution in [0.5, 0.6) is 0 Å². The van der Waals surface area contributed by atoms with E-state index in [9.17, 15) is 4.79 Å². The largest absolute Gasteiger partial charge is 0.456 e. The van der Waals surface area contributed by atoms with Crippen molar-refractivity contribution in [1.82, 2.24) is 9.78 Å². The molecule has 1 aromatic heterocycles. The second-order valence-corrected chi connectivity index (χ2v) is 4.89. The number of ether oxygens (including phenoxy) is 1. The molecule has 0 bridgehead atoms. The molecule has 112 valence electrons. The number of carbonyl (C=O) groups is 1. The number of nitrogens with two attached hydrogens (primary N) is 1. The van der Waals surface area contributed by atoms with Gasteiger partial charge in [-0.1, -0.05) is 13.0 Å². The molecule has 2 aromatic rings. The first-order chi connectivity index (χ1) is 10.1. The van der Waals surface area contributed by atoms with Crippen molar-refractivity contribution in [2.24, 2.45) is 0 Å². The summed E-state index contributed by atoms with van der Waals surface area (Å²) in [5, 5.41) is 4.43. The number of hydrogen-bond acceptors (Lipinski definition) is 4. The highest BCUT2D eigenvalue weighted by atomic mass is 16.5. The number of aromatic nitrogens is 2. The molecule has 0 unspecified atom stereocenters. The van der Waals surface area contributed by atoms with Crippen LogP contribution >= 0.6 is 0 Å². The van der Waals surface area contributed by atoms with Gasteiger partial charge in [0, 0.05) is 12.2 Å². The fourth-order valence-corrected chi connectivity index (χ4v) is 2.17. The van der Waals surface area contributed by atoms with Gasteiger partial charge in [0.05, 0.1) is 17.0 Å². The summed E-state index contributed by atoms with van der Waals surface area (Å²) in [6, 6.07) is 7.22. The zero-order valence-electron chi connectivity index (χ0n) is 12.7. The summed E-state index contributed by atoms with van der Waals surface area (Å²) in [7, 11) is 0. The predicted octanol–water partition coefficient (Wildman–Crippen LogP) is 2.71. The van der Waals surface area contributed by atoms with E-state index in [-0.39, 0.29) is 12.6 Å². The molecule has 2 rings (SSSR count). The van der Waals surface area contributed by atoms with Crippen LogP contribution in [0.2, 0.25) is 0 Å². The second-order valence-electron chi connectivity index (χ2n) is 4.89. The van der Waals surface area contributed by atoms with Gasteiger partial charge in [-0.3, -0.25) is 4.68 Å². The molecule has 0 radical (unpaired) electrons. The van der Waals surface area contributed by atoms with Crippen LogP contribution in [0, 0.1) is 6.92 Å². The Morgan fingerprint density at radius 1 is 1.38 bits per heavy atom. The van der Waals surface area contributed by atoms with E-state index in [0.717, 1.165) is 29.9 Å². The lowest BCUT2D eigenvalue weighted by molar-refractivity contribution is 0.0461. The Balaban J connectivity index is 2.11. The van der Waals surface area contributed by atoms with Crippen molar-refractivity contribution in [2.75, 3.05) is 5.73 Å². The van der Waals surface area contributed by atoms with E-state index in [1.807, 2.05) is 31.5 Å². The Morgan fingerprint density at radius 3 is 2.81 bits per heavy atom. The maximum Gasteiger partial charge on any atom is 0.338 e. The highest BCUT2D eigenvalue weighted by molar-refractivity contribution is 5.92. The molecule has 5 nitrogen and oxygen atoms in total. The van der Waals surface area contributed by atoms with E-state index < -0.39 is 0 Å². The lowest BCUT2D eigenvalue weighted by Crippen LogP contribution is -2.11. The molecule has 5 heteroatoms. The topological polar surface area (TPSA) is 70.1 Å². The molecule has 0 aliphatic heterocycles. The van der Waals surface area contributed by atoms with Gasteiger partial charge < -0.3 is 10.5 Å². The molecule has 0 spiro atoms. The molecule has 1 heterocycles. The van der Waals surface area contributed by atoms with E-state index in [1.54, 1.807) is 18.2 Å². The average Bonchev–Trinajstić information content (AvgIpc) is 2.90. The van der Waals surface area contributed by atoms with E-state index in [4.69, 9.17) is 10.5 Å². The maximum atomic E-state index is 12.2. The number of hydrogen-bond donors (Lipinski definition) is 1. The summed E-state index contributed by atoms with van der Waals surface area (Å²) in [6.07, 6.45) is 0.863. The molecule has 0 saturated heterocycles. The zero-order valence-corrected chi connectivity index (χ0v) is 12.7. The number of anilines is 1. The smallest absolute Gasteiger partial charge is 0.338 e. The number of aryl methyl sites for hydroxylation is 2. The Morgan fingerprint density at radius 2 is 2.14 bits per heavy atom. The molecule has 0 aliphatic carbocycles. The second kappa shape index (κ2) is 6.43. The molecule has 21 heavy (non-hydrogen) atoms. The third-order valence-corrected chi connectivity index (χ3v) is 3.52. The molecular weight excluding hydrogens is 266 g/mol. The SMILES string of the molecule is CCc1cc(COC(=O)c2cccc(N)c2C)n(CC)n1. The molecule has 1 aromatic carbocycles. The zero-order chi connectivity index (χ0) is 15.4. The van der Waals surface area contributed by atoms with Gasteiger partial charge in [0.2, 0.25) is 0 Å². The maximum absolute atomic E-state index is 12.2. The molecular formula is C16H21N3O2. The number of nitrogens with zero attached hydrogens (tertiary/aromatic N) is 2. The van der Waals surface area contributed by atoms with Gasteiger partial charge in [0.25, 0.3) is 0 Å². The van der Waals surface area contributed by atoms with Crippen molar-refractivity contribution in [3.05, 3.63) is 46.8 Å². The van der Waals surface area contributed by atoms with Crippen LogP contribution in [-0.4, -0.2) is 15.7 Å². The highest BCUT2D eigenvalue weighted by Crippen LogP contribution is 2.17. The van der Waals surface area contributed by atoms with Gasteiger partial charge in [-0.15, -0.1) is 0 Å². The van der Waals surface area contributed by atoms with Crippen molar-refractivity contribution in [3.63, 3.8) is 0 Å². The number of esters is 1. The summed E-state index contributed by atoms with van der Waals surface area (Å²) in [5.74, 6) is -0.360. The van der Waals surface area contributed by atoms with Crippen molar-refractivity contribution in [2.45, 2.75) is 40.3 Å². The Labute approximate surface area is 124 Å². The van der Waals surface area contributed by atoms with Crippen molar-refractivity contribution in [3.8, 4) is 0 Å². The number of carbonyl (C=O) groups excluding carboxylic acids is 1. The summed E-state index contributed by atoms with van der Waals surface area (Å²) in [4.78, 5) is 12.2. The quantitative estimate of drug-likeness (QED) is 0.678. The first kappa shape index (κ1) is 15.1. The third-order valence-electron chi connectivity index (χ3n) is 3.52. The summed E-state index contributed by atoms with van der Waals surface area (Å²) >= 11 is 0. The van der Waals surface area contributed by atoms with Crippen molar-refractivity contribution in [1.29, 1.82) is 0 Å². The lowest BCUT2D eigenvalue weighted by atomic mass is 10.1. The Hall–Kier alpha value is -2.30. The monoisotopic (exact) mass is 287 g/mol. The fourth-order valence-electron chi connectivity index (χ4n) is 2.17. The number of benzene rings is 1. The lowest BCUT2D eigenvalue weighted by Gasteiger charge is -2.09. The van der Waals surface area contributed by atoms with Crippen LogP contribution in [0.4, 0.5) is 5.69 Å². The first-order valence-corrected chi connectivity index (χ1v) is 7.14. The summed E-state index contributed by atoms with van der Waals surface area (Å²) in [6.45, 7) is 6.85. The van der Waals surface area contributed by atoms with Gasteiger partial charge in [-0.25, -0.2) is 4.79 Å². The summed E-state index contributed by atoms with van der Waals surface area (Å²) < 4.78 is 7.25. The summed E-state index contributed by atoms with van der Waals surface area (Å²) in [5.41, 5.74) is 9.57. The third kappa shape index (κ3) is 3.24.